The molecule has 1 heterocycles. The number of methoxy groups -OCH3 is 1. The highest BCUT2D eigenvalue weighted by molar-refractivity contribution is 6.13. The smallest absolute Gasteiger partial charge is 0.271 e. The molecule has 4 rings (SSSR count). The van der Waals surface area contributed by atoms with Crippen molar-refractivity contribution in [3.05, 3.63) is 93.5 Å². The number of nitrogens with zero attached hydrogens (tertiary/aromatic N) is 2. The summed E-state index contributed by atoms with van der Waals surface area (Å²) in [5.74, 6) is -0.0795. The molecule has 4 aromatic rings. The van der Waals surface area contributed by atoms with Crippen molar-refractivity contribution in [1.29, 1.82) is 0 Å². The number of rotatable bonds is 5. The van der Waals surface area contributed by atoms with Gasteiger partial charge in [-0.25, -0.2) is 4.98 Å². The van der Waals surface area contributed by atoms with E-state index in [1.165, 1.54) is 30.9 Å². The second kappa shape index (κ2) is 8.47. The molecule has 0 aliphatic heterocycles. The van der Waals surface area contributed by atoms with Crippen molar-refractivity contribution < 1.29 is 14.5 Å². The van der Waals surface area contributed by atoms with Crippen LogP contribution in [0.25, 0.3) is 22.2 Å². The summed E-state index contributed by atoms with van der Waals surface area (Å²) < 4.78 is 5.27. The first-order chi connectivity index (χ1) is 15.4. The Morgan fingerprint density at radius 1 is 1.00 bits per heavy atom. The highest BCUT2D eigenvalue weighted by Gasteiger charge is 2.18. The quantitative estimate of drug-likeness (QED) is 0.326. The number of pyridine rings is 1. The zero-order valence-electron chi connectivity index (χ0n) is 17.9. The zero-order valence-corrected chi connectivity index (χ0v) is 17.9. The van der Waals surface area contributed by atoms with Gasteiger partial charge in [-0.05, 0) is 49.2 Å². The standard InChI is InChI=1S/C25H21N3O4/c1-15-8-9-17(12-16(15)2)22-14-20(19-6-4-5-7-21(19)26-22)25(29)27-23-13-18(28(30)31)10-11-24(23)32-3/h4-14H,1-3H3,(H,27,29). The second-order valence-corrected chi connectivity index (χ2v) is 7.47. The normalized spacial score (nSPS) is 10.7. The fourth-order valence-corrected chi connectivity index (χ4v) is 3.51. The van der Waals surface area contributed by atoms with Crippen LogP contribution in [0.5, 0.6) is 5.75 Å². The zero-order chi connectivity index (χ0) is 22.8. The molecule has 7 heteroatoms. The molecule has 0 fully saturated rings. The molecule has 1 aromatic heterocycles. The Hall–Kier alpha value is -4.26. The number of ether oxygens (including phenoxy) is 1. The van der Waals surface area contributed by atoms with Crippen molar-refractivity contribution in [2.24, 2.45) is 0 Å². The van der Waals surface area contributed by atoms with Crippen molar-refractivity contribution in [3.63, 3.8) is 0 Å². The van der Waals surface area contributed by atoms with E-state index in [1.54, 1.807) is 6.07 Å². The van der Waals surface area contributed by atoms with Gasteiger partial charge < -0.3 is 10.1 Å². The minimum Gasteiger partial charge on any atom is -0.495 e. The van der Waals surface area contributed by atoms with Gasteiger partial charge >= 0.3 is 0 Å². The van der Waals surface area contributed by atoms with Gasteiger partial charge in [0, 0.05) is 23.1 Å². The number of aryl methyl sites for hydroxylation is 2. The third kappa shape index (κ3) is 4.00. The number of aromatic nitrogens is 1. The highest BCUT2D eigenvalue weighted by Crippen LogP contribution is 2.31. The van der Waals surface area contributed by atoms with Gasteiger partial charge in [0.2, 0.25) is 0 Å². The number of anilines is 1. The second-order valence-electron chi connectivity index (χ2n) is 7.47. The number of para-hydroxylation sites is 1. The van der Waals surface area contributed by atoms with Crippen LogP contribution in [0.3, 0.4) is 0 Å². The van der Waals surface area contributed by atoms with E-state index in [2.05, 4.69) is 5.32 Å². The van der Waals surface area contributed by atoms with Crippen molar-refractivity contribution >= 4 is 28.2 Å². The predicted octanol–water partition coefficient (Wildman–Crippen LogP) is 5.69. The molecule has 0 spiro atoms. The Bertz CT molecular complexity index is 1360. The largest absolute Gasteiger partial charge is 0.495 e. The van der Waals surface area contributed by atoms with Gasteiger partial charge in [0.05, 0.1) is 34.5 Å². The molecular formula is C25H21N3O4. The molecular weight excluding hydrogens is 406 g/mol. The summed E-state index contributed by atoms with van der Waals surface area (Å²) in [7, 11) is 1.44. The lowest BCUT2D eigenvalue weighted by Gasteiger charge is -2.13. The predicted molar refractivity (Wildman–Crippen MR) is 124 cm³/mol. The van der Waals surface area contributed by atoms with Gasteiger partial charge in [-0.2, -0.15) is 0 Å². The molecule has 0 atom stereocenters. The van der Waals surface area contributed by atoms with E-state index in [9.17, 15) is 14.9 Å². The van der Waals surface area contributed by atoms with E-state index in [0.717, 1.165) is 11.1 Å². The topological polar surface area (TPSA) is 94.4 Å². The molecule has 0 aliphatic carbocycles. The maximum Gasteiger partial charge on any atom is 0.271 e. The molecule has 7 nitrogen and oxygen atoms in total. The van der Waals surface area contributed by atoms with Gasteiger partial charge in [0.1, 0.15) is 5.75 Å². The Balaban J connectivity index is 1.81. The Morgan fingerprint density at radius 2 is 1.78 bits per heavy atom. The number of carbonyl (C=O) groups excluding carboxylic acids is 1. The van der Waals surface area contributed by atoms with E-state index in [0.29, 0.717) is 27.9 Å². The van der Waals surface area contributed by atoms with Gasteiger partial charge in [0.25, 0.3) is 11.6 Å². The molecule has 32 heavy (non-hydrogen) atoms. The van der Waals surface area contributed by atoms with Crippen LogP contribution < -0.4 is 10.1 Å². The molecule has 0 aliphatic rings. The fourth-order valence-electron chi connectivity index (χ4n) is 3.51. The Kier molecular flexibility index (Phi) is 5.55. The molecule has 160 valence electrons. The average Bonchev–Trinajstić information content (AvgIpc) is 2.80. The Labute approximate surface area is 184 Å². The third-order valence-corrected chi connectivity index (χ3v) is 5.41. The first-order valence-electron chi connectivity index (χ1n) is 9.98. The van der Waals surface area contributed by atoms with Crippen LogP contribution in [-0.4, -0.2) is 22.9 Å². The number of nitrogens with one attached hydrogen (secondary N) is 1. The Morgan fingerprint density at radius 3 is 2.50 bits per heavy atom. The lowest BCUT2D eigenvalue weighted by molar-refractivity contribution is -0.384. The summed E-state index contributed by atoms with van der Waals surface area (Å²) in [6, 6.07) is 19.2. The minimum absolute atomic E-state index is 0.142. The molecule has 1 N–H and O–H groups in total. The van der Waals surface area contributed by atoms with Gasteiger partial charge in [-0.1, -0.05) is 30.3 Å². The van der Waals surface area contributed by atoms with Crippen LogP contribution in [0.4, 0.5) is 11.4 Å². The number of hydrogen-bond acceptors (Lipinski definition) is 5. The molecule has 3 aromatic carbocycles. The maximum absolute atomic E-state index is 13.3. The van der Waals surface area contributed by atoms with E-state index in [1.807, 2.05) is 56.3 Å². The van der Waals surface area contributed by atoms with Gasteiger partial charge in [-0.15, -0.1) is 0 Å². The number of fused-ring (bicyclic) bond motifs is 1. The number of nitro benzene ring substituents is 1. The summed E-state index contributed by atoms with van der Waals surface area (Å²) >= 11 is 0. The number of amides is 1. The lowest BCUT2D eigenvalue weighted by Crippen LogP contribution is -2.14. The molecule has 0 radical (unpaired) electrons. The molecule has 1 amide bonds. The summed E-state index contributed by atoms with van der Waals surface area (Å²) in [6.07, 6.45) is 0. The molecule has 0 unspecified atom stereocenters. The number of nitro groups is 1. The molecule has 0 bridgehead atoms. The maximum atomic E-state index is 13.3. The van der Waals surface area contributed by atoms with Crippen LogP contribution in [0.2, 0.25) is 0 Å². The number of hydrogen-bond donors (Lipinski definition) is 1. The van der Waals surface area contributed by atoms with Crippen LogP contribution >= 0.6 is 0 Å². The highest BCUT2D eigenvalue weighted by atomic mass is 16.6. The third-order valence-electron chi connectivity index (χ3n) is 5.41. The van der Waals surface area contributed by atoms with Gasteiger partial charge in [0.15, 0.2) is 0 Å². The van der Waals surface area contributed by atoms with Crippen LogP contribution in [0.15, 0.2) is 66.7 Å². The van der Waals surface area contributed by atoms with Gasteiger partial charge in [-0.3, -0.25) is 14.9 Å². The summed E-state index contributed by atoms with van der Waals surface area (Å²) in [5.41, 5.74) is 5.05. The van der Waals surface area contributed by atoms with Crippen LogP contribution in [0, 0.1) is 24.0 Å². The van der Waals surface area contributed by atoms with Crippen LogP contribution in [-0.2, 0) is 0 Å². The van der Waals surface area contributed by atoms with E-state index >= 15 is 0 Å². The first-order valence-corrected chi connectivity index (χ1v) is 9.98. The van der Waals surface area contributed by atoms with Crippen molar-refractivity contribution in [3.8, 4) is 17.0 Å². The van der Waals surface area contributed by atoms with E-state index in [4.69, 9.17) is 9.72 Å². The average molecular weight is 427 g/mol. The minimum atomic E-state index is -0.519. The summed E-state index contributed by atoms with van der Waals surface area (Å²) in [6.45, 7) is 4.07. The molecule has 0 saturated heterocycles. The summed E-state index contributed by atoms with van der Waals surface area (Å²) in [4.78, 5) is 28.7. The monoisotopic (exact) mass is 427 g/mol. The van der Waals surface area contributed by atoms with E-state index in [-0.39, 0.29) is 11.4 Å². The van der Waals surface area contributed by atoms with Crippen molar-refractivity contribution in [2.75, 3.05) is 12.4 Å². The summed E-state index contributed by atoms with van der Waals surface area (Å²) in [5, 5.41) is 14.6. The fraction of sp³-hybridized carbons (Fsp3) is 0.120. The first kappa shape index (κ1) is 21.0. The van der Waals surface area contributed by atoms with E-state index < -0.39 is 10.8 Å². The van der Waals surface area contributed by atoms with Crippen molar-refractivity contribution in [2.45, 2.75) is 13.8 Å². The SMILES string of the molecule is COc1ccc([N+](=O)[O-])cc1NC(=O)c1cc(-c2ccc(C)c(C)c2)nc2ccccc12. The molecule has 0 saturated carbocycles. The van der Waals surface area contributed by atoms with Crippen molar-refractivity contribution in [1.82, 2.24) is 4.98 Å². The lowest BCUT2D eigenvalue weighted by atomic mass is 10.0. The number of carbonyl (C=O) groups is 1. The number of benzene rings is 3. The van der Waals surface area contributed by atoms with Crippen LogP contribution in [0.1, 0.15) is 21.5 Å². The number of non-ortho nitro benzene ring substituents is 1.